The number of carbonyl (C=O) groups is 2. The van der Waals surface area contributed by atoms with Gasteiger partial charge in [0.05, 0.1) is 36.8 Å². The van der Waals surface area contributed by atoms with Gasteiger partial charge in [0.25, 0.3) is 0 Å². The van der Waals surface area contributed by atoms with Gasteiger partial charge in [0.2, 0.25) is 5.91 Å². The van der Waals surface area contributed by atoms with Crippen molar-refractivity contribution in [3.8, 4) is 0 Å². The predicted molar refractivity (Wildman–Crippen MR) is 89.8 cm³/mol. The van der Waals surface area contributed by atoms with Crippen LogP contribution in [0.4, 0.5) is 9.93 Å². The Balaban J connectivity index is 1.53. The quantitative estimate of drug-likeness (QED) is 0.656. The van der Waals surface area contributed by atoms with Gasteiger partial charge in [-0.25, -0.2) is 14.8 Å². The van der Waals surface area contributed by atoms with Crippen LogP contribution in [-0.2, 0) is 22.5 Å². The number of anilines is 1. The minimum atomic E-state index is -0.592. The molecule has 0 aliphatic heterocycles. The zero-order chi connectivity index (χ0) is 16.9. The van der Waals surface area contributed by atoms with Crippen LogP contribution < -0.4 is 10.6 Å². The van der Waals surface area contributed by atoms with E-state index in [0.717, 1.165) is 11.0 Å². The number of rotatable bonds is 5. The summed E-state index contributed by atoms with van der Waals surface area (Å²) in [4.78, 5) is 34.8. The zero-order valence-electron chi connectivity index (χ0n) is 12.8. The Bertz CT molecular complexity index is 840. The molecule has 0 saturated heterocycles. The van der Waals surface area contributed by atoms with Gasteiger partial charge >= 0.3 is 6.09 Å². The third-order valence-electron chi connectivity index (χ3n) is 3.18. The number of hydrogen-bond donors (Lipinski definition) is 3. The molecule has 2 heterocycles. The second-order valence-corrected chi connectivity index (χ2v) is 5.77. The maximum atomic E-state index is 12.0. The van der Waals surface area contributed by atoms with E-state index in [-0.39, 0.29) is 12.3 Å². The van der Waals surface area contributed by atoms with E-state index in [9.17, 15) is 9.59 Å². The van der Waals surface area contributed by atoms with Crippen LogP contribution in [0.25, 0.3) is 11.0 Å². The number of aromatic nitrogens is 3. The maximum Gasteiger partial charge on any atom is 0.413 e. The number of fused-ring (bicyclic) bond motifs is 1. The average Bonchev–Trinajstić information content (AvgIpc) is 3.19. The van der Waals surface area contributed by atoms with Gasteiger partial charge in [-0.05, 0) is 12.1 Å². The minimum Gasteiger partial charge on any atom is -0.453 e. The van der Waals surface area contributed by atoms with Crippen molar-refractivity contribution in [3.05, 3.63) is 41.2 Å². The number of nitrogens with zero attached hydrogens (tertiary/aromatic N) is 2. The number of carbonyl (C=O) groups excluding carboxylic acids is 2. The molecule has 3 aromatic rings. The first kappa shape index (κ1) is 15.9. The van der Waals surface area contributed by atoms with E-state index in [0.29, 0.717) is 23.2 Å². The van der Waals surface area contributed by atoms with Crippen LogP contribution in [0.2, 0.25) is 0 Å². The lowest BCUT2D eigenvalue weighted by atomic mass is 10.3. The lowest BCUT2D eigenvalue weighted by Gasteiger charge is -2.01. The highest BCUT2D eigenvalue weighted by Gasteiger charge is 2.10. The summed E-state index contributed by atoms with van der Waals surface area (Å²) in [5, 5.41) is 7.35. The van der Waals surface area contributed by atoms with Crippen molar-refractivity contribution >= 4 is 39.5 Å². The molecule has 0 aliphatic rings. The molecular formula is C15H15N5O3S. The molecule has 1 aromatic carbocycles. The van der Waals surface area contributed by atoms with E-state index < -0.39 is 6.09 Å². The summed E-state index contributed by atoms with van der Waals surface area (Å²) in [5.74, 6) is 0.515. The van der Waals surface area contributed by atoms with Crippen LogP contribution in [0.15, 0.2) is 29.6 Å². The number of para-hydroxylation sites is 2. The van der Waals surface area contributed by atoms with Crippen molar-refractivity contribution in [1.82, 2.24) is 20.3 Å². The second kappa shape index (κ2) is 7.09. The van der Waals surface area contributed by atoms with Crippen LogP contribution in [0.1, 0.15) is 11.5 Å². The predicted octanol–water partition coefficient (Wildman–Crippen LogP) is 2.06. The molecule has 2 aromatic heterocycles. The normalized spacial score (nSPS) is 10.5. The third-order valence-corrected chi connectivity index (χ3v) is 3.99. The fourth-order valence-corrected chi connectivity index (χ4v) is 2.78. The summed E-state index contributed by atoms with van der Waals surface area (Å²) in [7, 11) is 1.27. The smallest absolute Gasteiger partial charge is 0.413 e. The highest BCUT2D eigenvalue weighted by Crippen LogP contribution is 2.16. The van der Waals surface area contributed by atoms with Crippen LogP contribution in [0.5, 0.6) is 0 Å². The zero-order valence-corrected chi connectivity index (χ0v) is 13.6. The molecule has 0 atom stereocenters. The second-order valence-electron chi connectivity index (χ2n) is 4.91. The van der Waals surface area contributed by atoms with Crippen LogP contribution in [0.3, 0.4) is 0 Å². The van der Waals surface area contributed by atoms with E-state index >= 15 is 0 Å². The summed E-state index contributed by atoms with van der Waals surface area (Å²) in [6.45, 7) is 0.310. The van der Waals surface area contributed by atoms with E-state index in [4.69, 9.17) is 0 Å². The van der Waals surface area contributed by atoms with Crippen LogP contribution in [-0.4, -0.2) is 34.1 Å². The summed E-state index contributed by atoms with van der Waals surface area (Å²) < 4.78 is 4.48. The van der Waals surface area contributed by atoms with Crippen molar-refractivity contribution < 1.29 is 14.3 Å². The molecule has 3 N–H and O–H groups in total. The number of amides is 2. The summed E-state index contributed by atoms with van der Waals surface area (Å²) in [5.41, 5.74) is 2.37. The minimum absolute atomic E-state index is 0.125. The lowest BCUT2D eigenvalue weighted by Crippen LogP contribution is -2.25. The first-order chi connectivity index (χ1) is 11.6. The topological polar surface area (TPSA) is 109 Å². The Hall–Kier alpha value is -2.94. The monoisotopic (exact) mass is 345 g/mol. The molecular weight excluding hydrogens is 330 g/mol. The van der Waals surface area contributed by atoms with Gasteiger partial charge in [-0.2, -0.15) is 0 Å². The Kier molecular flexibility index (Phi) is 4.71. The largest absolute Gasteiger partial charge is 0.453 e. The van der Waals surface area contributed by atoms with Crippen LogP contribution in [0, 0.1) is 0 Å². The lowest BCUT2D eigenvalue weighted by molar-refractivity contribution is -0.120. The summed E-state index contributed by atoms with van der Waals surface area (Å²) >= 11 is 1.23. The molecule has 0 aliphatic carbocycles. The van der Waals surface area contributed by atoms with Gasteiger partial charge in [-0.15, -0.1) is 11.3 Å². The van der Waals surface area contributed by atoms with E-state index in [2.05, 4.69) is 30.3 Å². The molecule has 2 amide bonds. The van der Waals surface area contributed by atoms with Gasteiger partial charge in [0, 0.05) is 5.38 Å². The first-order valence-corrected chi connectivity index (χ1v) is 8.01. The number of methoxy groups -OCH3 is 1. The molecule has 124 valence electrons. The molecule has 24 heavy (non-hydrogen) atoms. The summed E-state index contributed by atoms with van der Waals surface area (Å²) in [6, 6.07) is 7.67. The maximum absolute atomic E-state index is 12.0. The number of benzene rings is 1. The Labute approximate surface area is 141 Å². The van der Waals surface area contributed by atoms with Crippen molar-refractivity contribution in [1.29, 1.82) is 0 Å². The molecule has 0 spiro atoms. The number of thiazole rings is 1. The van der Waals surface area contributed by atoms with Gasteiger partial charge in [0.15, 0.2) is 5.13 Å². The Morgan fingerprint density at radius 2 is 2.12 bits per heavy atom. The third kappa shape index (κ3) is 3.87. The van der Waals surface area contributed by atoms with Gasteiger partial charge in [-0.3, -0.25) is 10.1 Å². The fraction of sp³-hybridized carbons (Fsp3) is 0.200. The number of aromatic amines is 1. The van der Waals surface area contributed by atoms with Crippen LogP contribution >= 0.6 is 11.3 Å². The van der Waals surface area contributed by atoms with Crippen molar-refractivity contribution in [2.45, 2.75) is 13.0 Å². The first-order valence-electron chi connectivity index (χ1n) is 7.14. The SMILES string of the molecule is COC(=O)Nc1nc(CC(=O)NCc2nc3ccccc3[nH]2)cs1. The molecule has 0 radical (unpaired) electrons. The Morgan fingerprint density at radius 3 is 2.92 bits per heavy atom. The van der Waals surface area contributed by atoms with Crippen molar-refractivity contribution in [2.24, 2.45) is 0 Å². The molecule has 0 unspecified atom stereocenters. The molecule has 3 rings (SSSR count). The highest BCUT2D eigenvalue weighted by molar-refractivity contribution is 7.13. The Morgan fingerprint density at radius 1 is 1.29 bits per heavy atom. The number of ether oxygens (including phenoxy) is 1. The number of imidazole rings is 1. The molecule has 0 fully saturated rings. The van der Waals surface area contributed by atoms with E-state index in [1.165, 1.54) is 18.4 Å². The molecule has 0 bridgehead atoms. The van der Waals surface area contributed by atoms with E-state index in [1.807, 2.05) is 24.3 Å². The number of H-pyrrole nitrogens is 1. The summed E-state index contributed by atoms with van der Waals surface area (Å²) in [6.07, 6.45) is -0.468. The standard InChI is InChI=1S/C15H15N5O3S/c1-23-15(22)20-14-17-9(8-24-14)6-13(21)16-7-12-18-10-4-2-3-5-11(10)19-12/h2-5,8H,6-7H2,1H3,(H,16,21)(H,18,19)(H,17,20,22). The van der Waals surface area contributed by atoms with Gasteiger partial charge < -0.3 is 15.0 Å². The molecule has 8 nitrogen and oxygen atoms in total. The number of hydrogen-bond acceptors (Lipinski definition) is 6. The average molecular weight is 345 g/mol. The molecule has 0 saturated carbocycles. The van der Waals surface area contributed by atoms with Crippen molar-refractivity contribution in [3.63, 3.8) is 0 Å². The fourth-order valence-electron chi connectivity index (χ4n) is 2.08. The molecule has 9 heteroatoms. The van der Waals surface area contributed by atoms with E-state index in [1.54, 1.807) is 5.38 Å². The highest BCUT2D eigenvalue weighted by atomic mass is 32.1. The van der Waals surface area contributed by atoms with Gasteiger partial charge in [0.1, 0.15) is 5.82 Å². The van der Waals surface area contributed by atoms with Gasteiger partial charge in [-0.1, -0.05) is 12.1 Å². The number of nitrogens with one attached hydrogen (secondary N) is 3. The van der Waals surface area contributed by atoms with Crippen molar-refractivity contribution in [2.75, 3.05) is 12.4 Å².